The molecule has 102 valence electrons. The van der Waals surface area contributed by atoms with Gasteiger partial charge >= 0.3 is 0 Å². The molecular formula is C19H20O. The monoisotopic (exact) mass is 264 g/mol. The lowest BCUT2D eigenvalue weighted by molar-refractivity contribution is 0.360. The van der Waals surface area contributed by atoms with Crippen LogP contribution >= 0.6 is 0 Å². The second kappa shape index (κ2) is 4.66. The molecule has 0 amide bonds. The van der Waals surface area contributed by atoms with Crippen LogP contribution in [0.5, 0.6) is 5.75 Å². The molecule has 4 rings (SSSR count). The second-order valence-electron chi connectivity index (χ2n) is 6.08. The molecule has 0 bridgehead atoms. The van der Waals surface area contributed by atoms with Gasteiger partial charge in [-0.3, -0.25) is 0 Å². The zero-order valence-corrected chi connectivity index (χ0v) is 11.9. The molecule has 2 aliphatic rings. The first-order chi connectivity index (χ1) is 9.86. The molecule has 2 atom stereocenters. The van der Waals surface area contributed by atoms with E-state index in [9.17, 15) is 0 Å². The molecule has 1 nitrogen and oxygen atoms in total. The van der Waals surface area contributed by atoms with E-state index in [2.05, 4.69) is 42.5 Å². The molecule has 2 aromatic carbocycles. The number of ether oxygens (including phenoxy) is 1. The molecule has 0 aliphatic heterocycles. The van der Waals surface area contributed by atoms with Crippen LogP contribution in [0.1, 0.15) is 41.0 Å². The molecule has 20 heavy (non-hydrogen) atoms. The third kappa shape index (κ3) is 1.76. The third-order valence-corrected chi connectivity index (χ3v) is 5.12. The molecule has 0 unspecified atom stereocenters. The van der Waals surface area contributed by atoms with E-state index in [4.69, 9.17) is 4.74 Å². The summed E-state index contributed by atoms with van der Waals surface area (Å²) in [4.78, 5) is 0. The fraction of sp³-hybridized carbons (Fsp3) is 0.368. The van der Waals surface area contributed by atoms with Gasteiger partial charge in [-0.15, -0.1) is 0 Å². The van der Waals surface area contributed by atoms with Gasteiger partial charge in [0.1, 0.15) is 5.75 Å². The Labute approximate surface area is 120 Å². The average Bonchev–Trinajstić information content (AvgIpc) is 2.53. The average molecular weight is 264 g/mol. The number of rotatable bonds is 1. The van der Waals surface area contributed by atoms with Gasteiger partial charge in [-0.05, 0) is 66.0 Å². The van der Waals surface area contributed by atoms with Gasteiger partial charge in [0, 0.05) is 5.92 Å². The van der Waals surface area contributed by atoms with E-state index >= 15 is 0 Å². The molecule has 0 aromatic heterocycles. The van der Waals surface area contributed by atoms with Crippen LogP contribution < -0.4 is 4.74 Å². The standard InChI is InChI=1S/C19H20O/c1-20-16-11-10-14-7-9-15-8-6-13-4-2-3-5-17(13)19(15)18(14)12-16/h2-5,10-12,15,19H,6-9H2,1H3/t15-,19+/m0/s1. The minimum absolute atomic E-state index is 0.582. The summed E-state index contributed by atoms with van der Waals surface area (Å²) in [6, 6.07) is 15.6. The van der Waals surface area contributed by atoms with E-state index in [1.165, 1.54) is 36.8 Å². The van der Waals surface area contributed by atoms with Crippen LogP contribution in [0.2, 0.25) is 0 Å². The predicted octanol–water partition coefficient (Wildman–Crippen LogP) is 4.34. The number of benzene rings is 2. The van der Waals surface area contributed by atoms with Crippen molar-refractivity contribution in [3.8, 4) is 5.75 Å². The van der Waals surface area contributed by atoms with Crippen LogP contribution in [0, 0.1) is 5.92 Å². The highest BCUT2D eigenvalue weighted by Crippen LogP contribution is 2.47. The normalized spacial score (nSPS) is 23.4. The Kier molecular flexibility index (Phi) is 2.80. The summed E-state index contributed by atoms with van der Waals surface area (Å²) in [6.07, 6.45) is 5.13. The first-order valence-corrected chi connectivity index (χ1v) is 7.61. The molecule has 0 N–H and O–H groups in total. The van der Waals surface area contributed by atoms with Crippen molar-refractivity contribution in [1.29, 1.82) is 0 Å². The van der Waals surface area contributed by atoms with Gasteiger partial charge in [0.25, 0.3) is 0 Å². The van der Waals surface area contributed by atoms with Crippen molar-refractivity contribution < 1.29 is 4.74 Å². The number of hydrogen-bond acceptors (Lipinski definition) is 1. The van der Waals surface area contributed by atoms with Gasteiger partial charge in [-0.25, -0.2) is 0 Å². The van der Waals surface area contributed by atoms with E-state index in [1.54, 1.807) is 18.2 Å². The van der Waals surface area contributed by atoms with Crippen molar-refractivity contribution in [3.63, 3.8) is 0 Å². The Morgan fingerprint density at radius 3 is 2.45 bits per heavy atom. The van der Waals surface area contributed by atoms with Crippen LogP contribution in [0.15, 0.2) is 42.5 Å². The molecule has 0 saturated carbocycles. The highest BCUT2D eigenvalue weighted by Gasteiger charge is 2.34. The first-order valence-electron chi connectivity index (χ1n) is 7.61. The van der Waals surface area contributed by atoms with E-state index in [1.807, 2.05) is 0 Å². The van der Waals surface area contributed by atoms with Crippen LogP contribution in [0.3, 0.4) is 0 Å². The van der Waals surface area contributed by atoms with Crippen molar-refractivity contribution in [2.24, 2.45) is 5.92 Å². The quantitative estimate of drug-likeness (QED) is 0.744. The van der Waals surface area contributed by atoms with Crippen molar-refractivity contribution in [1.82, 2.24) is 0 Å². The lowest BCUT2D eigenvalue weighted by Gasteiger charge is -2.38. The molecule has 0 spiro atoms. The Bertz CT molecular complexity index is 644. The van der Waals surface area contributed by atoms with Crippen LogP contribution in [-0.4, -0.2) is 7.11 Å². The summed E-state index contributed by atoms with van der Waals surface area (Å²) in [5.74, 6) is 2.38. The van der Waals surface area contributed by atoms with Crippen LogP contribution in [0.4, 0.5) is 0 Å². The zero-order valence-electron chi connectivity index (χ0n) is 11.9. The Morgan fingerprint density at radius 1 is 0.900 bits per heavy atom. The zero-order chi connectivity index (χ0) is 13.5. The maximum absolute atomic E-state index is 5.45. The summed E-state index contributed by atoms with van der Waals surface area (Å²) in [5, 5.41) is 0. The lowest BCUT2D eigenvalue weighted by Crippen LogP contribution is -2.26. The van der Waals surface area contributed by atoms with Crippen molar-refractivity contribution in [2.75, 3.05) is 7.11 Å². The fourth-order valence-electron chi connectivity index (χ4n) is 4.12. The van der Waals surface area contributed by atoms with Crippen molar-refractivity contribution >= 4 is 0 Å². The summed E-state index contributed by atoms with van der Waals surface area (Å²) < 4.78 is 5.45. The molecule has 0 fully saturated rings. The summed E-state index contributed by atoms with van der Waals surface area (Å²) in [5.41, 5.74) is 6.12. The smallest absolute Gasteiger partial charge is 0.119 e. The van der Waals surface area contributed by atoms with Crippen LogP contribution in [0.25, 0.3) is 0 Å². The molecule has 2 aliphatic carbocycles. The number of methoxy groups -OCH3 is 1. The third-order valence-electron chi connectivity index (χ3n) is 5.12. The molecule has 0 heterocycles. The maximum atomic E-state index is 5.45. The van der Waals surface area contributed by atoms with Gasteiger partial charge in [0.05, 0.1) is 7.11 Å². The van der Waals surface area contributed by atoms with Gasteiger partial charge in [0.15, 0.2) is 0 Å². The molecule has 2 aromatic rings. The molecule has 0 saturated heterocycles. The van der Waals surface area contributed by atoms with Gasteiger partial charge in [-0.2, -0.15) is 0 Å². The van der Waals surface area contributed by atoms with Crippen molar-refractivity contribution in [3.05, 3.63) is 64.7 Å². The Morgan fingerprint density at radius 2 is 1.65 bits per heavy atom. The topological polar surface area (TPSA) is 9.23 Å². The number of aryl methyl sites for hydroxylation is 2. The SMILES string of the molecule is COc1ccc2c(c1)[C@H]1c3ccccc3CC[C@H]1CC2. The van der Waals surface area contributed by atoms with E-state index in [-0.39, 0.29) is 0 Å². The Hall–Kier alpha value is -1.76. The summed E-state index contributed by atoms with van der Waals surface area (Å²) in [6.45, 7) is 0. The van der Waals surface area contributed by atoms with E-state index in [0.717, 1.165) is 11.7 Å². The van der Waals surface area contributed by atoms with E-state index < -0.39 is 0 Å². The van der Waals surface area contributed by atoms with Crippen molar-refractivity contribution in [2.45, 2.75) is 31.6 Å². The highest BCUT2D eigenvalue weighted by molar-refractivity contribution is 5.48. The Balaban J connectivity index is 1.89. The summed E-state index contributed by atoms with van der Waals surface area (Å²) in [7, 11) is 1.76. The van der Waals surface area contributed by atoms with Gasteiger partial charge < -0.3 is 4.74 Å². The fourth-order valence-corrected chi connectivity index (χ4v) is 4.12. The van der Waals surface area contributed by atoms with Crippen LogP contribution in [-0.2, 0) is 12.8 Å². The largest absolute Gasteiger partial charge is 0.497 e. The molecule has 1 heteroatoms. The minimum atomic E-state index is 0.582. The molecule has 0 radical (unpaired) electrons. The second-order valence-corrected chi connectivity index (χ2v) is 6.08. The predicted molar refractivity (Wildman–Crippen MR) is 81.4 cm³/mol. The van der Waals surface area contributed by atoms with Gasteiger partial charge in [-0.1, -0.05) is 30.3 Å². The molecular weight excluding hydrogens is 244 g/mol. The number of hydrogen-bond donors (Lipinski definition) is 0. The lowest BCUT2D eigenvalue weighted by atomic mass is 9.66. The van der Waals surface area contributed by atoms with Gasteiger partial charge in [0.2, 0.25) is 0 Å². The van der Waals surface area contributed by atoms with E-state index in [0.29, 0.717) is 5.92 Å². The highest BCUT2D eigenvalue weighted by atomic mass is 16.5. The minimum Gasteiger partial charge on any atom is -0.497 e. The number of fused-ring (bicyclic) bond motifs is 5. The summed E-state index contributed by atoms with van der Waals surface area (Å²) >= 11 is 0. The maximum Gasteiger partial charge on any atom is 0.119 e. The first kappa shape index (κ1) is 12.0.